The third-order valence-corrected chi connectivity index (χ3v) is 4.23. The molecule has 0 spiro atoms. The van der Waals surface area contributed by atoms with E-state index in [1.54, 1.807) is 48.5 Å². The van der Waals surface area contributed by atoms with E-state index in [1.807, 2.05) is 6.07 Å². The summed E-state index contributed by atoms with van der Waals surface area (Å²) < 4.78 is 4.69. The molecule has 0 saturated heterocycles. The molecule has 0 aliphatic carbocycles. The average molecular weight is 389 g/mol. The summed E-state index contributed by atoms with van der Waals surface area (Å²) in [6.45, 7) is 0.174. The zero-order valence-electron chi connectivity index (χ0n) is 14.9. The third kappa shape index (κ3) is 6.42. The minimum Gasteiger partial charge on any atom is -0.469 e. The van der Waals surface area contributed by atoms with Crippen molar-refractivity contribution in [3.63, 3.8) is 0 Å². The van der Waals surface area contributed by atoms with Crippen molar-refractivity contribution in [1.82, 2.24) is 10.6 Å². The number of nitrogens with one attached hydrogen (secondary N) is 2. The van der Waals surface area contributed by atoms with E-state index in [9.17, 15) is 14.4 Å². The molecule has 2 aromatic rings. The van der Waals surface area contributed by atoms with Crippen LogP contribution < -0.4 is 10.6 Å². The fraction of sp³-hybridized carbons (Fsp3) is 0.250. The average Bonchev–Trinajstić information content (AvgIpc) is 2.68. The Morgan fingerprint density at radius 1 is 1.04 bits per heavy atom. The van der Waals surface area contributed by atoms with Crippen molar-refractivity contribution in [2.45, 2.75) is 18.9 Å². The van der Waals surface area contributed by atoms with Gasteiger partial charge >= 0.3 is 5.97 Å². The van der Waals surface area contributed by atoms with Crippen molar-refractivity contribution in [1.29, 1.82) is 0 Å². The maximum Gasteiger partial charge on any atom is 0.307 e. The Kier molecular flexibility index (Phi) is 7.82. The smallest absolute Gasteiger partial charge is 0.307 e. The molecular weight excluding hydrogens is 368 g/mol. The van der Waals surface area contributed by atoms with Crippen LogP contribution in [-0.2, 0) is 14.3 Å². The monoisotopic (exact) mass is 388 g/mol. The van der Waals surface area contributed by atoms with Gasteiger partial charge in [-0.3, -0.25) is 14.4 Å². The highest BCUT2D eigenvalue weighted by Crippen LogP contribution is 2.25. The summed E-state index contributed by atoms with van der Waals surface area (Å²) in [5.41, 5.74) is 1.16. The first kappa shape index (κ1) is 20.5. The summed E-state index contributed by atoms with van der Waals surface area (Å²) >= 11 is 6.18. The molecule has 0 bridgehead atoms. The lowest BCUT2D eigenvalue weighted by molar-refractivity contribution is -0.141. The second kappa shape index (κ2) is 10.3. The maximum atomic E-state index is 12.3. The van der Waals surface area contributed by atoms with Gasteiger partial charge in [-0.2, -0.15) is 0 Å². The molecule has 0 radical (unpaired) electrons. The lowest BCUT2D eigenvalue weighted by Gasteiger charge is -2.19. The van der Waals surface area contributed by atoms with Crippen LogP contribution >= 0.6 is 11.6 Å². The van der Waals surface area contributed by atoms with Crippen molar-refractivity contribution < 1.29 is 19.1 Å². The molecule has 0 heterocycles. The van der Waals surface area contributed by atoms with Crippen LogP contribution in [0.5, 0.6) is 0 Å². The Morgan fingerprint density at radius 3 is 2.37 bits per heavy atom. The highest BCUT2D eigenvalue weighted by Gasteiger charge is 2.21. The molecule has 0 aliphatic heterocycles. The van der Waals surface area contributed by atoms with E-state index >= 15 is 0 Å². The van der Waals surface area contributed by atoms with Gasteiger partial charge in [-0.05, 0) is 23.8 Å². The van der Waals surface area contributed by atoms with Crippen LogP contribution in [0.1, 0.15) is 34.8 Å². The predicted octanol–water partition coefficient (Wildman–Crippen LogP) is 2.88. The van der Waals surface area contributed by atoms with E-state index in [2.05, 4.69) is 10.6 Å². The fourth-order valence-electron chi connectivity index (χ4n) is 2.49. The van der Waals surface area contributed by atoms with Crippen molar-refractivity contribution in [3.8, 4) is 0 Å². The molecule has 7 heteroatoms. The molecule has 27 heavy (non-hydrogen) atoms. The van der Waals surface area contributed by atoms with E-state index in [4.69, 9.17) is 16.3 Å². The van der Waals surface area contributed by atoms with Crippen LogP contribution in [0, 0.1) is 0 Å². The number of rotatable bonds is 8. The van der Waals surface area contributed by atoms with Gasteiger partial charge < -0.3 is 15.4 Å². The summed E-state index contributed by atoms with van der Waals surface area (Å²) in [5, 5.41) is 5.91. The Morgan fingerprint density at radius 2 is 1.70 bits per heavy atom. The Balaban J connectivity index is 1.92. The topological polar surface area (TPSA) is 84.5 Å². The number of carbonyl (C=O) groups excluding carboxylic acids is 3. The Hall–Kier alpha value is -2.86. The number of hydrogen-bond donors (Lipinski definition) is 2. The minimum atomic E-state index is -0.608. The fourth-order valence-corrected chi connectivity index (χ4v) is 2.76. The normalized spacial score (nSPS) is 11.3. The molecule has 2 N–H and O–H groups in total. The first-order valence-corrected chi connectivity index (χ1v) is 8.83. The number of methoxy groups -OCH3 is 1. The molecule has 2 rings (SSSR count). The van der Waals surface area contributed by atoms with Gasteiger partial charge in [-0.15, -0.1) is 0 Å². The first-order valence-electron chi connectivity index (χ1n) is 8.45. The van der Waals surface area contributed by atoms with Crippen LogP contribution in [0.2, 0.25) is 5.02 Å². The molecule has 1 atom stereocenters. The van der Waals surface area contributed by atoms with Gasteiger partial charge in [0.05, 0.1) is 19.6 Å². The number of hydrogen-bond acceptors (Lipinski definition) is 4. The van der Waals surface area contributed by atoms with Crippen molar-refractivity contribution >= 4 is 29.4 Å². The summed E-state index contributed by atoms with van der Waals surface area (Å²) in [5.74, 6) is -1.02. The molecule has 0 saturated carbocycles. The first-order chi connectivity index (χ1) is 13.0. The van der Waals surface area contributed by atoms with E-state index in [1.165, 1.54) is 7.11 Å². The Bertz CT molecular complexity index is 796. The molecule has 0 aromatic heterocycles. The van der Waals surface area contributed by atoms with Gasteiger partial charge in [-0.25, -0.2) is 0 Å². The Labute approximate surface area is 162 Å². The second-order valence-corrected chi connectivity index (χ2v) is 6.20. The second-order valence-electron chi connectivity index (χ2n) is 5.79. The molecule has 6 nitrogen and oxygen atoms in total. The van der Waals surface area contributed by atoms with Gasteiger partial charge in [0, 0.05) is 23.6 Å². The SMILES string of the molecule is COC(=O)C[C@@H](NC(=O)CCNC(=O)c1ccccc1)c1ccccc1Cl. The standard InChI is InChI=1S/C20H21ClN2O4/c1-27-19(25)13-17(15-9-5-6-10-16(15)21)23-18(24)11-12-22-20(26)14-7-3-2-4-8-14/h2-10,17H,11-13H2,1H3,(H,22,26)(H,23,24)/t17-/m1/s1. The highest BCUT2D eigenvalue weighted by atomic mass is 35.5. The van der Waals surface area contributed by atoms with E-state index < -0.39 is 12.0 Å². The number of amides is 2. The van der Waals surface area contributed by atoms with E-state index in [0.717, 1.165) is 0 Å². The van der Waals surface area contributed by atoms with Gasteiger partial charge in [0.2, 0.25) is 5.91 Å². The lowest BCUT2D eigenvalue weighted by Crippen LogP contribution is -2.34. The highest BCUT2D eigenvalue weighted by molar-refractivity contribution is 6.31. The van der Waals surface area contributed by atoms with E-state index in [-0.39, 0.29) is 31.2 Å². The minimum absolute atomic E-state index is 0.0393. The molecule has 2 amide bonds. The van der Waals surface area contributed by atoms with E-state index in [0.29, 0.717) is 16.1 Å². The maximum absolute atomic E-state index is 12.3. The zero-order chi connectivity index (χ0) is 19.6. The van der Waals surface area contributed by atoms with Gasteiger partial charge in [0.15, 0.2) is 0 Å². The van der Waals surface area contributed by atoms with Crippen molar-refractivity contribution in [2.75, 3.05) is 13.7 Å². The van der Waals surface area contributed by atoms with Crippen LogP contribution in [0.15, 0.2) is 54.6 Å². The van der Waals surface area contributed by atoms with Crippen LogP contribution in [-0.4, -0.2) is 31.4 Å². The van der Waals surface area contributed by atoms with Crippen LogP contribution in [0.4, 0.5) is 0 Å². The number of carbonyl (C=O) groups is 3. The third-order valence-electron chi connectivity index (χ3n) is 3.89. The quantitative estimate of drug-likeness (QED) is 0.681. The predicted molar refractivity (Wildman–Crippen MR) is 102 cm³/mol. The molecule has 0 fully saturated rings. The number of halogens is 1. The number of esters is 1. The molecule has 142 valence electrons. The number of ether oxygens (including phenoxy) is 1. The molecular formula is C20H21ClN2O4. The van der Waals surface area contributed by atoms with Crippen LogP contribution in [0.25, 0.3) is 0 Å². The molecule has 0 aliphatic rings. The summed E-state index contributed by atoms with van der Waals surface area (Å²) in [6, 6.07) is 15.1. The number of benzene rings is 2. The summed E-state index contributed by atoms with van der Waals surface area (Å²) in [6.07, 6.45) is 0.0308. The largest absolute Gasteiger partial charge is 0.469 e. The molecule has 2 aromatic carbocycles. The summed E-state index contributed by atoms with van der Waals surface area (Å²) in [4.78, 5) is 35.9. The summed E-state index contributed by atoms with van der Waals surface area (Å²) in [7, 11) is 1.28. The molecule has 0 unspecified atom stereocenters. The van der Waals surface area contributed by atoms with Crippen molar-refractivity contribution in [3.05, 3.63) is 70.7 Å². The van der Waals surface area contributed by atoms with Crippen LogP contribution in [0.3, 0.4) is 0 Å². The van der Waals surface area contributed by atoms with Gasteiger partial charge in [-0.1, -0.05) is 48.0 Å². The lowest BCUT2D eigenvalue weighted by atomic mass is 10.0. The van der Waals surface area contributed by atoms with Gasteiger partial charge in [0.1, 0.15) is 0 Å². The van der Waals surface area contributed by atoms with Gasteiger partial charge in [0.25, 0.3) is 5.91 Å². The zero-order valence-corrected chi connectivity index (χ0v) is 15.7. The van der Waals surface area contributed by atoms with Crippen molar-refractivity contribution in [2.24, 2.45) is 0 Å².